The molecule has 4 heterocycles. The van der Waals surface area contributed by atoms with E-state index in [0.29, 0.717) is 50.2 Å². The van der Waals surface area contributed by atoms with Gasteiger partial charge in [-0.05, 0) is 12.2 Å². The minimum absolute atomic E-state index is 0.0895. The Labute approximate surface area is 192 Å². The minimum Gasteiger partial charge on any atom is -0.471 e. The summed E-state index contributed by atoms with van der Waals surface area (Å²) in [6.45, 7) is 4.01. The number of hydrogen-bond acceptors (Lipinski definition) is 8. The summed E-state index contributed by atoms with van der Waals surface area (Å²) in [4.78, 5) is 29.0. The van der Waals surface area contributed by atoms with E-state index in [1.54, 1.807) is 29.6 Å². The molecule has 3 aliphatic rings. The van der Waals surface area contributed by atoms with Gasteiger partial charge in [-0.3, -0.25) is 9.00 Å². The second-order valence-corrected chi connectivity index (χ2v) is 9.68. The summed E-state index contributed by atoms with van der Waals surface area (Å²) < 4.78 is 48.7. The number of hydrogen-bond donors (Lipinski definition) is 0. The Morgan fingerprint density at radius 2 is 2.06 bits per heavy atom. The molecular weight excluding hydrogens is 456 g/mol. The molecule has 3 atom stereocenters. The first kappa shape index (κ1) is 23.4. The van der Waals surface area contributed by atoms with Crippen LogP contribution in [0.2, 0.25) is 0 Å². The van der Waals surface area contributed by atoms with Crippen molar-refractivity contribution in [3.63, 3.8) is 0 Å². The summed E-state index contributed by atoms with van der Waals surface area (Å²) >= 11 is 0. The SMILES string of the molecule is C=CC(F)(F)COC1=CCC(O[C@@H]2CCN(c3cnc(N4CC(S(C)=O)C4)nc3)C2=O)C=N1. The highest BCUT2D eigenvalue weighted by Gasteiger charge is 2.36. The van der Waals surface area contributed by atoms with E-state index in [9.17, 15) is 17.8 Å². The number of halogens is 2. The van der Waals surface area contributed by atoms with Crippen molar-refractivity contribution in [3.8, 4) is 0 Å². The van der Waals surface area contributed by atoms with Crippen LogP contribution in [0.25, 0.3) is 0 Å². The lowest BCUT2D eigenvalue weighted by atomic mass is 10.2. The molecule has 1 aromatic rings. The molecule has 1 amide bonds. The number of rotatable bonds is 9. The topological polar surface area (TPSA) is 97.2 Å². The maximum atomic E-state index is 13.2. The quantitative estimate of drug-likeness (QED) is 0.495. The Kier molecular flexibility index (Phi) is 6.84. The van der Waals surface area contributed by atoms with Crippen molar-refractivity contribution in [2.24, 2.45) is 4.99 Å². The van der Waals surface area contributed by atoms with Crippen LogP contribution in [0.15, 0.2) is 42.0 Å². The number of ether oxygens (including phenoxy) is 2. The first-order valence-electron chi connectivity index (χ1n) is 10.5. The minimum atomic E-state index is -3.13. The van der Waals surface area contributed by atoms with Crippen molar-refractivity contribution < 1.29 is 27.3 Å². The molecule has 2 fully saturated rings. The zero-order valence-corrected chi connectivity index (χ0v) is 18.9. The van der Waals surface area contributed by atoms with Gasteiger partial charge in [-0.25, -0.2) is 15.0 Å². The number of aromatic nitrogens is 2. The van der Waals surface area contributed by atoms with Gasteiger partial charge in [-0.1, -0.05) is 6.58 Å². The molecule has 3 aliphatic heterocycles. The summed E-state index contributed by atoms with van der Waals surface area (Å²) in [6.07, 6.45) is 8.21. The van der Waals surface area contributed by atoms with Crippen LogP contribution in [-0.4, -0.2) is 82.2 Å². The molecule has 0 bridgehead atoms. The third-order valence-corrected chi connectivity index (χ3v) is 6.87. The van der Waals surface area contributed by atoms with Gasteiger partial charge in [0.05, 0.1) is 29.4 Å². The van der Waals surface area contributed by atoms with Gasteiger partial charge < -0.3 is 19.3 Å². The Hall–Kier alpha value is -2.73. The predicted octanol–water partition coefficient (Wildman–Crippen LogP) is 1.69. The molecule has 2 saturated heterocycles. The zero-order chi connectivity index (χ0) is 23.6. The van der Waals surface area contributed by atoms with E-state index in [-0.39, 0.29) is 17.0 Å². The smallest absolute Gasteiger partial charge is 0.299 e. The van der Waals surface area contributed by atoms with Crippen LogP contribution >= 0.6 is 0 Å². The molecule has 4 rings (SSSR count). The number of aliphatic imine (C=N–C) groups is 1. The van der Waals surface area contributed by atoms with Gasteiger partial charge in [0.25, 0.3) is 11.8 Å². The fraction of sp³-hybridized carbons (Fsp3) is 0.524. The van der Waals surface area contributed by atoms with Crippen molar-refractivity contribution in [3.05, 3.63) is 37.0 Å². The van der Waals surface area contributed by atoms with Crippen LogP contribution in [0.4, 0.5) is 20.4 Å². The van der Waals surface area contributed by atoms with Gasteiger partial charge in [0, 0.05) is 55.7 Å². The van der Waals surface area contributed by atoms with E-state index in [4.69, 9.17) is 9.47 Å². The van der Waals surface area contributed by atoms with E-state index >= 15 is 0 Å². The fourth-order valence-corrected chi connectivity index (χ4v) is 4.36. The second kappa shape index (κ2) is 9.64. The molecule has 0 aromatic carbocycles. The monoisotopic (exact) mass is 481 g/mol. The van der Waals surface area contributed by atoms with E-state index in [0.717, 1.165) is 0 Å². The summed E-state index contributed by atoms with van der Waals surface area (Å²) in [5.41, 5.74) is 0.585. The highest BCUT2D eigenvalue weighted by Crippen LogP contribution is 2.26. The molecule has 0 spiro atoms. The van der Waals surface area contributed by atoms with Crippen LogP contribution < -0.4 is 9.80 Å². The van der Waals surface area contributed by atoms with E-state index in [2.05, 4.69) is 21.5 Å². The fourth-order valence-electron chi connectivity index (χ4n) is 3.58. The molecule has 0 aliphatic carbocycles. The molecule has 0 saturated carbocycles. The first-order valence-corrected chi connectivity index (χ1v) is 12.1. The summed E-state index contributed by atoms with van der Waals surface area (Å²) in [7, 11) is -0.861. The molecule has 2 unspecified atom stereocenters. The van der Waals surface area contributed by atoms with Gasteiger partial charge in [0.15, 0.2) is 6.61 Å². The van der Waals surface area contributed by atoms with Crippen molar-refractivity contribution >= 4 is 34.6 Å². The van der Waals surface area contributed by atoms with Crippen LogP contribution in [-0.2, 0) is 25.1 Å². The van der Waals surface area contributed by atoms with Crippen molar-refractivity contribution in [1.29, 1.82) is 0 Å². The van der Waals surface area contributed by atoms with Crippen LogP contribution in [0.3, 0.4) is 0 Å². The summed E-state index contributed by atoms with van der Waals surface area (Å²) in [5, 5.41) is 0.139. The standard InChI is InChI=1S/C21H25F2N5O4S/c1-3-21(22,23)13-31-18-5-4-15(10-24-18)32-17-6-7-28(19(17)29)14-8-25-20(26-9-14)27-11-16(12-27)33(2)30/h3,5,8-10,15-17H,1,4,6-7,11-13H2,2H3/t15?,17-,33?/m1/s1. The molecule has 1 aromatic heterocycles. The molecule has 0 radical (unpaired) electrons. The lowest BCUT2D eigenvalue weighted by Crippen LogP contribution is -2.53. The van der Waals surface area contributed by atoms with E-state index in [1.807, 2.05) is 4.90 Å². The maximum Gasteiger partial charge on any atom is 0.299 e. The van der Waals surface area contributed by atoms with E-state index < -0.39 is 35.5 Å². The second-order valence-electron chi connectivity index (χ2n) is 8.02. The van der Waals surface area contributed by atoms with E-state index in [1.165, 1.54) is 6.21 Å². The summed E-state index contributed by atoms with van der Waals surface area (Å²) in [6, 6.07) is 0. The normalized spacial score (nSPS) is 24.5. The van der Waals surface area contributed by atoms with Crippen molar-refractivity contribution in [2.75, 3.05) is 42.3 Å². The molecule has 178 valence electrons. The Morgan fingerprint density at radius 3 is 2.67 bits per heavy atom. The molecule has 0 N–H and O–H groups in total. The number of alkyl halides is 2. The average molecular weight is 482 g/mol. The number of carbonyl (C=O) groups is 1. The Bertz CT molecular complexity index is 981. The maximum absolute atomic E-state index is 13.2. The summed E-state index contributed by atoms with van der Waals surface area (Å²) in [5.74, 6) is -2.68. The number of carbonyl (C=O) groups excluding carboxylic acids is 1. The largest absolute Gasteiger partial charge is 0.471 e. The lowest BCUT2D eigenvalue weighted by molar-refractivity contribution is -0.128. The van der Waals surface area contributed by atoms with Crippen LogP contribution in [0, 0.1) is 0 Å². The third kappa shape index (κ3) is 5.44. The van der Waals surface area contributed by atoms with Gasteiger partial charge >= 0.3 is 0 Å². The third-order valence-electron chi connectivity index (χ3n) is 5.64. The Morgan fingerprint density at radius 1 is 1.33 bits per heavy atom. The van der Waals surface area contributed by atoms with Gasteiger partial charge in [-0.15, -0.1) is 0 Å². The van der Waals surface area contributed by atoms with Gasteiger partial charge in [-0.2, -0.15) is 8.78 Å². The van der Waals surface area contributed by atoms with Crippen LogP contribution in [0.5, 0.6) is 0 Å². The van der Waals surface area contributed by atoms with Gasteiger partial charge in [0.1, 0.15) is 6.10 Å². The molecule has 12 heteroatoms. The van der Waals surface area contributed by atoms with Crippen molar-refractivity contribution in [1.82, 2.24) is 9.97 Å². The highest BCUT2D eigenvalue weighted by molar-refractivity contribution is 7.85. The number of anilines is 2. The Balaban J connectivity index is 1.26. The van der Waals surface area contributed by atoms with Crippen molar-refractivity contribution in [2.45, 2.75) is 36.2 Å². The zero-order valence-electron chi connectivity index (χ0n) is 18.1. The lowest BCUT2D eigenvalue weighted by Gasteiger charge is -2.37. The molecule has 9 nitrogen and oxygen atoms in total. The first-order chi connectivity index (χ1) is 15.8. The van der Waals surface area contributed by atoms with Crippen LogP contribution in [0.1, 0.15) is 12.8 Å². The number of nitrogens with zero attached hydrogens (tertiary/aromatic N) is 5. The number of amides is 1. The average Bonchev–Trinajstić information content (AvgIpc) is 3.12. The molecular formula is C21H25F2N5O4S. The predicted molar refractivity (Wildman–Crippen MR) is 120 cm³/mol. The molecule has 33 heavy (non-hydrogen) atoms. The van der Waals surface area contributed by atoms with Gasteiger partial charge in [0.2, 0.25) is 11.8 Å². The highest BCUT2D eigenvalue weighted by atomic mass is 32.2.